The van der Waals surface area contributed by atoms with Crippen molar-refractivity contribution in [2.75, 3.05) is 0 Å². The Kier molecular flexibility index (Phi) is 1.69. The average molecular weight is 156 g/mol. The average Bonchev–Trinajstić information content (AvgIpc) is 1.88. The Bertz CT molecular complexity index is 273. The first kappa shape index (κ1) is 6.78. The van der Waals surface area contributed by atoms with Crippen molar-refractivity contribution >= 4 is 11.6 Å². The molecule has 10 heavy (non-hydrogen) atoms. The summed E-state index contributed by atoms with van der Waals surface area (Å²) in [5, 5.41) is 18.9. The van der Waals surface area contributed by atoms with E-state index in [1.165, 1.54) is 6.20 Å². The van der Waals surface area contributed by atoms with Gasteiger partial charge in [-0.25, -0.2) is 4.98 Å². The number of halogens is 1. The van der Waals surface area contributed by atoms with Crippen LogP contribution in [-0.2, 0) is 0 Å². The molecule has 0 amide bonds. The molecule has 1 aromatic heterocycles. The maximum Gasteiger partial charge on any atom is 0.332 e. The first-order chi connectivity index (χ1) is 4.75. The third-order valence-electron chi connectivity index (χ3n) is 0.912. The molecular weight excluding hydrogens is 154 g/mol. The Morgan fingerprint density at radius 1 is 1.80 bits per heavy atom. The molecule has 0 unspecified atom stereocenters. The summed E-state index contributed by atoms with van der Waals surface area (Å²) in [4.78, 5) is 3.53. The molecule has 0 bridgehead atoms. The molecule has 0 saturated carbocycles. The third kappa shape index (κ3) is 0.993. The standard InChI is InChI=1S/C5H2ClN3O/c6-5-4(3-7)9(10)2-1-8-5/h1-2H. The lowest BCUT2D eigenvalue weighted by Crippen LogP contribution is -2.30. The summed E-state index contributed by atoms with van der Waals surface area (Å²) in [5.41, 5.74) is -0.177. The fourth-order valence-electron chi connectivity index (χ4n) is 0.481. The lowest BCUT2D eigenvalue weighted by molar-refractivity contribution is -0.608. The summed E-state index contributed by atoms with van der Waals surface area (Å²) in [7, 11) is 0. The van der Waals surface area contributed by atoms with Crippen molar-refractivity contribution < 1.29 is 4.73 Å². The van der Waals surface area contributed by atoms with E-state index in [1.807, 2.05) is 0 Å². The highest BCUT2D eigenvalue weighted by Crippen LogP contribution is 2.03. The van der Waals surface area contributed by atoms with Crippen LogP contribution in [0.1, 0.15) is 5.69 Å². The highest BCUT2D eigenvalue weighted by molar-refractivity contribution is 6.30. The molecule has 0 aromatic carbocycles. The van der Waals surface area contributed by atoms with Crippen LogP contribution in [0.5, 0.6) is 0 Å². The van der Waals surface area contributed by atoms with E-state index < -0.39 is 0 Å². The van der Waals surface area contributed by atoms with Gasteiger partial charge in [0.2, 0.25) is 5.15 Å². The Morgan fingerprint density at radius 3 is 2.90 bits per heavy atom. The van der Waals surface area contributed by atoms with E-state index in [1.54, 1.807) is 6.07 Å². The molecule has 0 atom stereocenters. The first-order valence-electron chi connectivity index (χ1n) is 2.39. The third-order valence-corrected chi connectivity index (χ3v) is 1.19. The molecule has 50 valence electrons. The van der Waals surface area contributed by atoms with Crippen molar-refractivity contribution in [3.05, 3.63) is 28.4 Å². The predicted molar refractivity (Wildman–Crippen MR) is 32.9 cm³/mol. The van der Waals surface area contributed by atoms with Crippen LogP contribution >= 0.6 is 11.6 Å². The van der Waals surface area contributed by atoms with Gasteiger partial charge in [-0.05, 0) is 0 Å². The molecule has 0 aliphatic heterocycles. The largest absolute Gasteiger partial charge is 0.618 e. The van der Waals surface area contributed by atoms with Gasteiger partial charge in [0.15, 0.2) is 12.3 Å². The minimum Gasteiger partial charge on any atom is -0.618 e. The number of hydrogen-bond donors (Lipinski definition) is 0. The summed E-state index contributed by atoms with van der Waals surface area (Å²) in [6.07, 6.45) is 2.35. The van der Waals surface area contributed by atoms with E-state index in [4.69, 9.17) is 16.9 Å². The van der Waals surface area contributed by atoms with Crippen molar-refractivity contribution in [3.8, 4) is 6.07 Å². The van der Waals surface area contributed by atoms with Gasteiger partial charge in [0, 0.05) is 0 Å². The van der Waals surface area contributed by atoms with Crippen molar-refractivity contribution in [1.82, 2.24) is 4.98 Å². The molecule has 5 heteroatoms. The quantitative estimate of drug-likeness (QED) is 0.398. The molecule has 4 nitrogen and oxygen atoms in total. The van der Waals surface area contributed by atoms with Crippen LogP contribution in [0.25, 0.3) is 0 Å². The van der Waals surface area contributed by atoms with Crippen molar-refractivity contribution in [1.29, 1.82) is 5.26 Å². The maximum atomic E-state index is 10.6. The summed E-state index contributed by atoms with van der Waals surface area (Å²) in [6.45, 7) is 0. The lowest BCUT2D eigenvalue weighted by Gasteiger charge is -1.95. The van der Waals surface area contributed by atoms with Gasteiger partial charge in [0.05, 0.1) is 6.20 Å². The number of hydrogen-bond acceptors (Lipinski definition) is 3. The van der Waals surface area contributed by atoms with Crippen molar-refractivity contribution in [3.63, 3.8) is 0 Å². The summed E-state index contributed by atoms with van der Waals surface area (Å²) in [5.74, 6) is 0. The molecule has 0 saturated heterocycles. The molecular formula is C5H2ClN3O. The fourth-order valence-corrected chi connectivity index (χ4v) is 0.663. The van der Waals surface area contributed by atoms with Crippen molar-refractivity contribution in [2.45, 2.75) is 0 Å². The molecule has 0 fully saturated rings. The van der Waals surface area contributed by atoms with Crippen LogP contribution < -0.4 is 4.73 Å². The zero-order valence-electron chi connectivity index (χ0n) is 4.78. The second-order valence-corrected chi connectivity index (χ2v) is 1.86. The van der Waals surface area contributed by atoms with E-state index >= 15 is 0 Å². The van der Waals surface area contributed by atoms with Crippen LogP contribution in [0.15, 0.2) is 12.4 Å². The molecule has 1 heterocycles. The summed E-state index contributed by atoms with van der Waals surface area (Å²) >= 11 is 5.38. The Balaban J connectivity index is 3.34. The molecule has 0 radical (unpaired) electrons. The number of nitriles is 1. The summed E-state index contributed by atoms with van der Waals surface area (Å²) in [6, 6.07) is 1.62. The highest BCUT2D eigenvalue weighted by atomic mass is 35.5. The van der Waals surface area contributed by atoms with Crippen molar-refractivity contribution in [2.24, 2.45) is 0 Å². The topological polar surface area (TPSA) is 63.6 Å². The van der Waals surface area contributed by atoms with Gasteiger partial charge in [0.25, 0.3) is 0 Å². The zero-order valence-corrected chi connectivity index (χ0v) is 5.54. The summed E-state index contributed by atoms with van der Waals surface area (Å²) < 4.78 is 0.370. The van der Waals surface area contributed by atoms with Gasteiger partial charge in [-0.1, -0.05) is 11.6 Å². The van der Waals surface area contributed by atoms with Gasteiger partial charge in [0.1, 0.15) is 0 Å². The molecule has 1 rings (SSSR count). The van der Waals surface area contributed by atoms with Crippen LogP contribution in [0, 0.1) is 16.5 Å². The van der Waals surface area contributed by atoms with Gasteiger partial charge >= 0.3 is 5.69 Å². The predicted octanol–water partition coefficient (Wildman–Crippen LogP) is 0.240. The van der Waals surface area contributed by atoms with Crippen LogP contribution in [-0.4, -0.2) is 4.98 Å². The Labute approximate surface area is 61.9 Å². The SMILES string of the molecule is N#Cc1c(Cl)ncc[n+]1[O-]. The number of rotatable bonds is 0. The normalized spacial score (nSPS) is 8.80. The van der Waals surface area contributed by atoms with Gasteiger partial charge in [-0.15, -0.1) is 0 Å². The molecule has 0 N–H and O–H groups in total. The smallest absolute Gasteiger partial charge is 0.332 e. The highest BCUT2D eigenvalue weighted by Gasteiger charge is 2.08. The molecule has 1 aromatic rings. The number of nitrogens with zero attached hydrogens (tertiary/aromatic N) is 3. The van der Waals surface area contributed by atoms with Gasteiger partial charge < -0.3 is 5.21 Å². The minimum absolute atomic E-state index is 0.0694. The zero-order chi connectivity index (χ0) is 7.56. The Morgan fingerprint density at radius 2 is 2.50 bits per heavy atom. The van der Waals surface area contributed by atoms with E-state index in [0.717, 1.165) is 6.20 Å². The maximum absolute atomic E-state index is 10.6. The second-order valence-electron chi connectivity index (χ2n) is 1.50. The minimum atomic E-state index is -0.177. The molecule has 0 aliphatic rings. The lowest BCUT2D eigenvalue weighted by atomic mass is 10.5. The fraction of sp³-hybridized carbons (Fsp3) is 0. The Hall–Kier alpha value is -1.34. The van der Waals surface area contributed by atoms with Crippen LogP contribution in [0.3, 0.4) is 0 Å². The molecule has 0 aliphatic carbocycles. The van der Waals surface area contributed by atoms with E-state index in [-0.39, 0.29) is 10.8 Å². The van der Waals surface area contributed by atoms with Gasteiger partial charge in [-0.2, -0.15) is 9.99 Å². The first-order valence-corrected chi connectivity index (χ1v) is 2.77. The molecule has 0 spiro atoms. The van der Waals surface area contributed by atoms with Crippen LogP contribution in [0.2, 0.25) is 5.15 Å². The van der Waals surface area contributed by atoms with E-state index in [9.17, 15) is 5.21 Å². The number of aromatic nitrogens is 2. The van der Waals surface area contributed by atoms with E-state index in [2.05, 4.69) is 4.98 Å². The van der Waals surface area contributed by atoms with Crippen LogP contribution in [0.4, 0.5) is 0 Å². The monoisotopic (exact) mass is 155 g/mol. The van der Waals surface area contributed by atoms with Gasteiger partial charge in [-0.3, -0.25) is 0 Å². The van der Waals surface area contributed by atoms with E-state index in [0.29, 0.717) is 4.73 Å². The second kappa shape index (κ2) is 2.50.